The van der Waals surface area contributed by atoms with Crippen LogP contribution < -0.4 is 5.32 Å². The highest BCUT2D eigenvalue weighted by Gasteiger charge is 2.22. The van der Waals surface area contributed by atoms with Crippen molar-refractivity contribution in [1.29, 1.82) is 0 Å². The maximum absolute atomic E-state index is 5.88. The molecule has 1 aromatic heterocycles. The highest BCUT2D eigenvalue weighted by molar-refractivity contribution is 5.47. The third kappa shape index (κ3) is 2.66. The van der Waals surface area contributed by atoms with Gasteiger partial charge in [0.15, 0.2) is 0 Å². The van der Waals surface area contributed by atoms with Crippen LogP contribution in [0.4, 0.5) is 0 Å². The second-order valence-corrected chi connectivity index (χ2v) is 5.61. The minimum Gasteiger partial charge on any atom is -0.464 e. The summed E-state index contributed by atoms with van der Waals surface area (Å²) in [7, 11) is 0. The van der Waals surface area contributed by atoms with Gasteiger partial charge in [0.1, 0.15) is 11.5 Å². The predicted octanol–water partition coefficient (Wildman–Crippen LogP) is 4.52. The van der Waals surface area contributed by atoms with E-state index in [-0.39, 0.29) is 6.04 Å². The van der Waals surface area contributed by atoms with Crippen LogP contribution in [0.15, 0.2) is 22.6 Å². The SMILES string of the molecule is CCNC(c1ccc(C)o1)c1c(C)c(C)cc(C)c1C. The average molecular weight is 271 g/mol. The fourth-order valence-corrected chi connectivity index (χ4v) is 2.84. The Morgan fingerprint density at radius 2 is 1.60 bits per heavy atom. The molecule has 0 aliphatic heterocycles. The zero-order valence-electron chi connectivity index (χ0n) is 13.4. The van der Waals surface area contributed by atoms with Gasteiger partial charge in [0, 0.05) is 0 Å². The van der Waals surface area contributed by atoms with E-state index in [4.69, 9.17) is 4.42 Å². The van der Waals surface area contributed by atoms with Crippen molar-refractivity contribution in [2.75, 3.05) is 6.54 Å². The van der Waals surface area contributed by atoms with E-state index in [0.717, 1.165) is 18.1 Å². The van der Waals surface area contributed by atoms with Crippen molar-refractivity contribution in [1.82, 2.24) is 5.32 Å². The van der Waals surface area contributed by atoms with Crippen LogP contribution >= 0.6 is 0 Å². The Kier molecular flexibility index (Phi) is 4.34. The zero-order valence-corrected chi connectivity index (χ0v) is 13.4. The Morgan fingerprint density at radius 3 is 2.05 bits per heavy atom. The Hall–Kier alpha value is -1.54. The smallest absolute Gasteiger partial charge is 0.125 e. The maximum atomic E-state index is 5.88. The van der Waals surface area contributed by atoms with Crippen molar-refractivity contribution in [3.05, 3.63) is 57.5 Å². The van der Waals surface area contributed by atoms with Crippen molar-refractivity contribution in [3.8, 4) is 0 Å². The van der Waals surface area contributed by atoms with Crippen molar-refractivity contribution in [2.45, 2.75) is 47.6 Å². The highest BCUT2D eigenvalue weighted by Crippen LogP contribution is 2.32. The molecule has 0 bridgehead atoms. The summed E-state index contributed by atoms with van der Waals surface area (Å²) in [6.07, 6.45) is 0. The zero-order chi connectivity index (χ0) is 14.9. The van der Waals surface area contributed by atoms with Gasteiger partial charge >= 0.3 is 0 Å². The van der Waals surface area contributed by atoms with E-state index < -0.39 is 0 Å². The minimum absolute atomic E-state index is 0.132. The normalized spacial score (nSPS) is 12.7. The van der Waals surface area contributed by atoms with E-state index >= 15 is 0 Å². The first-order valence-electron chi connectivity index (χ1n) is 7.32. The lowest BCUT2D eigenvalue weighted by Crippen LogP contribution is -2.24. The Balaban J connectivity index is 2.60. The number of furan rings is 1. The molecule has 0 fully saturated rings. The molecule has 20 heavy (non-hydrogen) atoms. The minimum atomic E-state index is 0.132. The van der Waals surface area contributed by atoms with Crippen LogP contribution in [-0.2, 0) is 0 Å². The highest BCUT2D eigenvalue weighted by atomic mass is 16.3. The van der Waals surface area contributed by atoms with Crippen LogP contribution in [0, 0.1) is 34.6 Å². The largest absolute Gasteiger partial charge is 0.464 e. The van der Waals surface area contributed by atoms with Gasteiger partial charge in [0.05, 0.1) is 6.04 Å². The molecule has 1 heterocycles. The van der Waals surface area contributed by atoms with E-state index in [1.54, 1.807) is 0 Å². The first-order chi connectivity index (χ1) is 9.45. The number of rotatable bonds is 4. The van der Waals surface area contributed by atoms with Crippen molar-refractivity contribution < 1.29 is 4.42 Å². The van der Waals surface area contributed by atoms with Gasteiger partial charge in [0.2, 0.25) is 0 Å². The van der Waals surface area contributed by atoms with Gasteiger partial charge in [-0.3, -0.25) is 0 Å². The quantitative estimate of drug-likeness (QED) is 0.884. The summed E-state index contributed by atoms with van der Waals surface area (Å²) in [5, 5.41) is 3.57. The Morgan fingerprint density at radius 1 is 1.00 bits per heavy atom. The van der Waals surface area contributed by atoms with Crippen molar-refractivity contribution in [2.24, 2.45) is 0 Å². The Labute approximate surface area is 122 Å². The summed E-state index contributed by atoms with van der Waals surface area (Å²) in [5.74, 6) is 1.96. The third-order valence-corrected chi connectivity index (χ3v) is 4.17. The molecule has 2 heteroatoms. The van der Waals surface area contributed by atoms with Crippen LogP contribution in [0.5, 0.6) is 0 Å². The van der Waals surface area contributed by atoms with Gasteiger partial charge in [-0.1, -0.05) is 13.0 Å². The number of benzene rings is 1. The van der Waals surface area contributed by atoms with Crippen LogP contribution in [0.3, 0.4) is 0 Å². The number of aryl methyl sites for hydroxylation is 3. The fourth-order valence-electron chi connectivity index (χ4n) is 2.84. The molecule has 2 nitrogen and oxygen atoms in total. The van der Waals surface area contributed by atoms with Gasteiger partial charge < -0.3 is 9.73 Å². The van der Waals surface area contributed by atoms with E-state index in [1.165, 1.54) is 27.8 Å². The molecule has 1 unspecified atom stereocenters. The molecule has 0 amide bonds. The summed E-state index contributed by atoms with van der Waals surface area (Å²) >= 11 is 0. The van der Waals surface area contributed by atoms with Gasteiger partial charge in [-0.05, 0) is 81.1 Å². The van der Waals surface area contributed by atoms with Gasteiger partial charge in [-0.25, -0.2) is 0 Å². The summed E-state index contributed by atoms with van der Waals surface area (Å²) in [4.78, 5) is 0. The number of hydrogen-bond donors (Lipinski definition) is 1. The van der Waals surface area contributed by atoms with Gasteiger partial charge in [0.25, 0.3) is 0 Å². The third-order valence-electron chi connectivity index (χ3n) is 4.17. The molecule has 2 aromatic rings. The average Bonchev–Trinajstić information content (AvgIpc) is 2.82. The molecular formula is C18H25NO. The predicted molar refractivity (Wildman–Crippen MR) is 84.4 cm³/mol. The molecule has 0 spiro atoms. The van der Waals surface area contributed by atoms with Crippen LogP contribution in [-0.4, -0.2) is 6.54 Å². The Bertz CT molecular complexity index is 584. The molecule has 0 radical (unpaired) electrons. The lowest BCUT2D eigenvalue weighted by Gasteiger charge is -2.23. The van der Waals surface area contributed by atoms with Crippen LogP contribution in [0.25, 0.3) is 0 Å². The molecule has 108 valence electrons. The summed E-state index contributed by atoms with van der Waals surface area (Å²) < 4.78 is 5.88. The van der Waals surface area contributed by atoms with Crippen LogP contribution in [0.1, 0.15) is 52.3 Å². The molecule has 0 saturated carbocycles. The van der Waals surface area contributed by atoms with Gasteiger partial charge in [-0.15, -0.1) is 0 Å². The summed E-state index contributed by atoms with van der Waals surface area (Å²) in [6, 6.07) is 6.52. The van der Waals surface area contributed by atoms with Gasteiger partial charge in [-0.2, -0.15) is 0 Å². The first-order valence-corrected chi connectivity index (χ1v) is 7.32. The number of nitrogens with one attached hydrogen (secondary N) is 1. The molecule has 1 atom stereocenters. The summed E-state index contributed by atoms with van der Waals surface area (Å²) in [6.45, 7) is 13.8. The van der Waals surface area contributed by atoms with Crippen molar-refractivity contribution >= 4 is 0 Å². The molecule has 1 aromatic carbocycles. The molecule has 0 aliphatic carbocycles. The molecule has 0 saturated heterocycles. The fraction of sp³-hybridized carbons (Fsp3) is 0.444. The summed E-state index contributed by atoms with van der Waals surface area (Å²) in [5.41, 5.74) is 6.75. The molecule has 0 aliphatic rings. The molecule has 1 N–H and O–H groups in total. The van der Waals surface area contributed by atoms with E-state index in [1.807, 2.05) is 13.0 Å². The topological polar surface area (TPSA) is 25.2 Å². The van der Waals surface area contributed by atoms with E-state index in [2.05, 4.69) is 52.1 Å². The molecule has 2 rings (SSSR count). The maximum Gasteiger partial charge on any atom is 0.125 e. The monoisotopic (exact) mass is 271 g/mol. The lowest BCUT2D eigenvalue weighted by molar-refractivity contribution is 0.433. The second-order valence-electron chi connectivity index (χ2n) is 5.61. The lowest BCUT2D eigenvalue weighted by atomic mass is 9.88. The van der Waals surface area contributed by atoms with E-state index in [0.29, 0.717) is 0 Å². The van der Waals surface area contributed by atoms with Crippen LogP contribution in [0.2, 0.25) is 0 Å². The second kappa shape index (κ2) is 5.84. The van der Waals surface area contributed by atoms with E-state index in [9.17, 15) is 0 Å². The first kappa shape index (κ1) is 14.9. The standard InChI is InChI=1S/C18H25NO/c1-7-19-18(16-9-8-13(4)20-16)17-14(5)11(2)10-12(3)15(17)6/h8-10,18-19H,7H2,1-6H3. The molecular weight excluding hydrogens is 246 g/mol. The number of hydrogen-bond acceptors (Lipinski definition) is 2. The van der Waals surface area contributed by atoms with Crippen molar-refractivity contribution in [3.63, 3.8) is 0 Å².